The number of thiophene rings is 1. The molecule has 5 rings (SSSR count). The lowest BCUT2D eigenvalue weighted by atomic mass is 9.85. The summed E-state index contributed by atoms with van der Waals surface area (Å²) in [4.78, 5) is 29.1. The standard InChI is InChI=1S/C19H23N3O4S2/c23-18-16-13-3-4-14(12-13)17(16)19(24)22(18)10-7-20-5-8-21(9-6-20)28(25,26)15-2-1-11-27-15/h1-4,11,13-14,16-17H,5-10,12H2/t13-,14-,16-,17-/m0/s1. The number of carbonyl (C=O) groups is 2. The molecule has 28 heavy (non-hydrogen) atoms. The molecule has 1 aromatic heterocycles. The Bertz CT molecular complexity index is 889. The molecule has 0 unspecified atom stereocenters. The molecule has 2 bridgehead atoms. The molecule has 3 heterocycles. The third kappa shape index (κ3) is 2.79. The van der Waals surface area contributed by atoms with E-state index in [1.165, 1.54) is 20.5 Å². The van der Waals surface area contributed by atoms with Gasteiger partial charge in [0, 0.05) is 39.3 Å². The van der Waals surface area contributed by atoms with Crippen LogP contribution in [0.5, 0.6) is 0 Å². The second-order valence-electron chi connectivity index (χ2n) is 8.01. The second-order valence-corrected chi connectivity index (χ2v) is 11.1. The molecule has 2 amide bonds. The fourth-order valence-corrected chi connectivity index (χ4v) is 7.72. The minimum absolute atomic E-state index is 0.00856. The Morgan fingerprint density at radius 1 is 0.964 bits per heavy atom. The molecular weight excluding hydrogens is 398 g/mol. The fourth-order valence-electron chi connectivity index (χ4n) is 5.16. The van der Waals surface area contributed by atoms with Crippen LogP contribution in [0.1, 0.15) is 6.42 Å². The molecule has 3 fully saturated rings. The Labute approximate surface area is 168 Å². The summed E-state index contributed by atoms with van der Waals surface area (Å²) in [5, 5.41) is 1.77. The van der Waals surface area contributed by atoms with Crippen LogP contribution in [0.3, 0.4) is 0 Å². The number of likely N-dealkylation sites (tertiary alicyclic amines) is 1. The summed E-state index contributed by atoms with van der Waals surface area (Å²) in [7, 11) is -3.41. The van der Waals surface area contributed by atoms with Gasteiger partial charge in [-0.05, 0) is 29.7 Å². The number of piperazine rings is 1. The van der Waals surface area contributed by atoms with E-state index in [0.717, 1.165) is 6.42 Å². The Morgan fingerprint density at radius 3 is 2.18 bits per heavy atom. The zero-order chi connectivity index (χ0) is 19.5. The fraction of sp³-hybridized carbons (Fsp3) is 0.579. The van der Waals surface area contributed by atoms with Crippen LogP contribution in [-0.2, 0) is 19.6 Å². The van der Waals surface area contributed by atoms with Gasteiger partial charge in [-0.15, -0.1) is 11.3 Å². The number of sulfonamides is 1. The smallest absolute Gasteiger partial charge is 0.252 e. The number of amides is 2. The van der Waals surface area contributed by atoms with Crippen molar-refractivity contribution in [2.24, 2.45) is 23.7 Å². The number of nitrogens with zero attached hydrogens (tertiary/aromatic N) is 3. The molecule has 2 saturated heterocycles. The molecule has 2 aliphatic carbocycles. The molecule has 0 spiro atoms. The van der Waals surface area contributed by atoms with Gasteiger partial charge in [0.05, 0.1) is 11.8 Å². The van der Waals surface area contributed by atoms with Gasteiger partial charge in [0.15, 0.2) is 0 Å². The van der Waals surface area contributed by atoms with Crippen LogP contribution in [0.2, 0.25) is 0 Å². The van der Waals surface area contributed by atoms with E-state index >= 15 is 0 Å². The maximum absolute atomic E-state index is 12.7. The zero-order valence-corrected chi connectivity index (χ0v) is 17.1. The van der Waals surface area contributed by atoms with Gasteiger partial charge in [0.25, 0.3) is 10.0 Å². The van der Waals surface area contributed by atoms with Gasteiger partial charge < -0.3 is 0 Å². The van der Waals surface area contributed by atoms with Crippen molar-refractivity contribution in [3.8, 4) is 0 Å². The Kier molecular flexibility index (Phi) is 4.46. The summed E-state index contributed by atoms with van der Waals surface area (Å²) in [6.07, 6.45) is 5.16. The van der Waals surface area contributed by atoms with E-state index in [1.807, 2.05) is 0 Å². The number of carbonyl (C=O) groups excluding carboxylic acids is 2. The van der Waals surface area contributed by atoms with Crippen molar-refractivity contribution in [1.29, 1.82) is 0 Å². The van der Waals surface area contributed by atoms with Crippen LogP contribution in [0.15, 0.2) is 33.9 Å². The van der Waals surface area contributed by atoms with Crippen molar-refractivity contribution >= 4 is 33.2 Å². The first-order chi connectivity index (χ1) is 13.5. The maximum atomic E-state index is 12.7. The Balaban J connectivity index is 1.16. The molecule has 7 nitrogen and oxygen atoms in total. The highest BCUT2D eigenvalue weighted by atomic mass is 32.2. The number of fused-ring (bicyclic) bond motifs is 5. The van der Waals surface area contributed by atoms with Crippen LogP contribution in [-0.4, -0.2) is 73.6 Å². The quantitative estimate of drug-likeness (QED) is 0.521. The van der Waals surface area contributed by atoms with Crippen molar-refractivity contribution in [2.75, 3.05) is 39.3 Å². The predicted molar refractivity (Wildman–Crippen MR) is 104 cm³/mol. The molecule has 1 aromatic rings. The van der Waals surface area contributed by atoms with Gasteiger partial charge in [-0.3, -0.25) is 19.4 Å². The average molecular weight is 422 g/mol. The van der Waals surface area contributed by atoms with Crippen LogP contribution >= 0.6 is 11.3 Å². The summed E-state index contributed by atoms with van der Waals surface area (Å²) >= 11 is 1.24. The molecule has 4 aliphatic rings. The normalized spacial score (nSPS) is 33.2. The van der Waals surface area contributed by atoms with Crippen LogP contribution in [0, 0.1) is 23.7 Å². The van der Waals surface area contributed by atoms with E-state index in [4.69, 9.17) is 0 Å². The van der Waals surface area contributed by atoms with Gasteiger partial charge in [-0.25, -0.2) is 8.42 Å². The lowest BCUT2D eigenvalue weighted by Gasteiger charge is -2.34. The topological polar surface area (TPSA) is 78.0 Å². The molecule has 1 saturated carbocycles. The van der Waals surface area contributed by atoms with E-state index in [-0.39, 0.29) is 35.5 Å². The molecule has 0 aromatic carbocycles. The predicted octanol–water partition coefficient (Wildman–Crippen LogP) is 0.862. The highest BCUT2D eigenvalue weighted by Crippen LogP contribution is 2.52. The SMILES string of the molecule is O=C1[C@@H]2[C@@H](C(=O)N1CCN1CCN(S(=O)(=O)c3cccs3)CC1)[C@H]1C=C[C@H]2C1. The minimum atomic E-state index is -3.41. The first kappa shape index (κ1) is 18.5. The van der Waals surface area contributed by atoms with Gasteiger partial charge >= 0.3 is 0 Å². The molecule has 0 radical (unpaired) electrons. The minimum Gasteiger partial charge on any atom is -0.299 e. The van der Waals surface area contributed by atoms with Gasteiger partial charge in [-0.1, -0.05) is 18.2 Å². The van der Waals surface area contributed by atoms with E-state index < -0.39 is 10.0 Å². The van der Waals surface area contributed by atoms with Crippen molar-refractivity contribution < 1.29 is 18.0 Å². The summed E-state index contributed by atoms with van der Waals surface area (Å²) in [6.45, 7) is 3.10. The number of imide groups is 1. The van der Waals surface area contributed by atoms with Crippen molar-refractivity contribution in [1.82, 2.24) is 14.1 Å². The molecule has 9 heteroatoms. The number of hydrogen-bond donors (Lipinski definition) is 0. The summed E-state index contributed by atoms with van der Waals surface area (Å²) in [5.41, 5.74) is 0. The van der Waals surface area contributed by atoms with Gasteiger partial charge in [0.1, 0.15) is 4.21 Å². The number of hydrogen-bond acceptors (Lipinski definition) is 6. The second kappa shape index (κ2) is 6.76. The molecule has 2 aliphatic heterocycles. The van der Waals surface area contributed by atoms with E-state index in [0.29, 0.717) is 43.5 Å². The first-order valence-electron chi connectivity index (χ1n) is 9.76. The molecule has 0 N–H and O–H groups in total. The lowest BCUT2D eigenvalue weighted by Crippen LogP contribution is -2.50. The van der Waals surface area contributed by atoms with Gasteiger partial charge in [0.2, 0.25) is 11.8 Å². The first-order valence-corrected chi connectivity index (χ1v) is 12.1. The van der Waals surface area contributed by atoms with Crippen LogP contribution < -0.4 is 0 Å². The Morgan fingerprint density at radius 2 is 1.61 bits per heavy atom. The maximum Gasteiger partial charge on any atom is 0.252 e. The van der Waals surface area contributed by atoms with Crippen LogP contribution in [0.25, 0.3) is 0 Å². The average Bonchev–Trinajstić information content (AvgIpc) is 3.47. The molecule has 150 valence electrons. The molecular formula is C19H23N3O4S2. The highest BCUT2D eigenvalue weighted by molar-refractivity contribution is 7.91. The van der Waals surface area contributed by atoms with Crippen molar-refractivity contribution in [3.63, 3.8) is 0 Å². The number of allylic oxidation sites excluding steroid dienone is 2. The summed E-state index contributed by atoms with van der Waals surface area (Å²) in [6, 6.07) is 3.38. The van der Waals surface area contributed by atoms with E-state index in [9.17, 15) is 18.0 Å². The van der Waals surface area contributed by atoms with E-state index in [1.54, 1.807) is 17.5 Å². The third-order valence-corrected chi connectivity index (χ3v) is 9.89. The Hall–Kier alpha value is -1.55. The van der Waals surface area contributed by atoms with Crippen molar-refractivity contribution in [3.05, 3.63) is 29.7 Å². The van der Waals surface area contributed by atoms with Crippen molar-refractivity contribution in [2.45, 2.75) is 10.6 Å². The highest BCUT2D eigenvalue weighted by Gasteiger charge is 2.59. The zero-order valence-electron chi connectivity index (χ0n) is 15.4. The van der Waals surface area contributed by atoms with Crippen LogP contribution in [0.4, 0.5) is 0 Å². The summed E-state index contributed by atoms with van der Waals surface area (Å²) < 4.78 is 27.1. The largest absolute Gasteiger partial charge is 0.299 e. The third-order valence-electron chi connectivity index (χ3n) is 6.62. The number of rotatable bonds is 5. The molecule has 4 atom stereocenters. The summed E-state index contributed by atoms with van der Waals surface area (Å²) in [5.74, 6) is 0.173. The lowest BCUT2D eigenvalue weighted by molar-refractivity contribution is -0.140. The van der Waals surface area contributed by atoms with Gasteiger partial charge in [-0.2, -0.15) is 4.31 Å². The van der Waals surface area contributed by atoms with E-state index in [2.05, 4.69) is 17.1 Å². The monoisotopic (exact) mass is 421 g/mol.